The highest BCUT2D eigenvalue weighted by atomic mass is 16.4. The van der Waals surface area contributed by atoms with Crippen LogP contribution in [0.15, 0.2) is 5.16 Å². The summed E-state index contributed by atoms with van der Waals surface area (Å²) in [5, 5.41) is 14.5. The van der Waals surface area contributed by atoms with Crippen molar-refractivity contribution in [3.63, 3.8) is 0 Å². The van der Waals surface area contributed by atoms with E-state index in [0.717, 1.165) is 11.8 Å². The van der Waals surface area contributed by atoms with Crippen LogP contribution in [-0.4, -0.2) is 22.5 Å². The van der Waals surface area contributed by atoms with E-state index in [9.17, 15) is 4.79 Å². The Kier molecular flexibility index (Phi) is 3.50. The number of carbonyl (C=O) groups excluding carboxylic acids is 1. The summed E-state index contributed by atoms with van der Waals surface area (Å²) in [6.45, 7) is 3.47. The van der Waals surface area contributed by atoms with Crippen LogP contribution in [0.5, 0.6) is 0 Å². The molecule has 3 unspecified atom stereocenters. The zero-order chi connectivity index (χ0) is 13.3. The van der Waals surface area contributed by atoms with E-state index >= 15 is 0 Å². The molecular weight excluding hydrogens is 230 g/mol. The number of hydrogen-bond donors (Lipinski definition) is 3. The Balaban J connectivity index is 1.86. The second kappa shape index (κ2) is 4.78. The van der Waals surface area contributed by atoms with E-state index in [-0.39, 0.29) is 11.7 Å². The SMILES string of the molecule is CC(C)(NC(=O)CC1CC2CCC1C2)/C(N)=N/O. The Morgan fingerprint density at radius 3 is 2.67 bits per heavy atom. The van der Waals surface area contributed by atoms with Crippen molar-refractivity contribution in [1.82, 2.24) is 5.32 Å². The van der Waals surface area contributed by atoms with Crippen LogP contribution in [0.3, 0.4) is 0 Å². The van der Waals surface area contributed by atoms with Gasteiger partial charge in [-0.2, -0.15) is 0 Å². The van der Waals surface area contributed by atoms with Crippen molar-refractivity contribution >= 4 is 11.7 Å². The van der Waals surface area contributed by atoms with Gasteiger partial charge in [-0.05, 0) is 50.9 Å². The fourth-order valence-electron chi connectivity index (χ4n) is 3.45. The van der Waals surface area contributed by atoms with E-state index in [0.29, 0.717) is 12.3 Å². The smallest absolute Gasteiger partial charge is 0.221 e. The number of carbonyl (C=O) groups is 1. The minimum absolute atomic E-state index is 0.00384. The summed E-state index contributed by atoms with van der Waals surface area (Å²) in [7, 11) is 0. The number of nitrogens with one attached hydrogen (secondary N) is 1. The highest BCUT2D eigenvalue weighted by molar-refractivity contribution is 5.93. The Hall–Kier alpha value is -1.26. The fraction of sp³-hybridized carbons (Fsp3) is 0.846. The van der Waals surface area contributed by atoms with Crippen LogP contribution in [0.2, 0.25) is 0 Å². The van der Waals surface area contributed by atoms with E-state index in [1.165, 1.54) is 25.7 Å². The normalized spacial score (nSPS) is 31.7. The van der Waals surface area contributed by atoms with Gasteiger partial charge in [-0.1, -0.05) is 11.6 Å². The van der Waals surface area contributed by atoms with Crippen LogP contribution in [0.25, 0.3) is 0 Å². The van der Waals surface area contributed by atoms with Gasteiger partial charge in [0.2, 0.25) is 5.91 Å². The first-order chi connectivity index (χ1) is 8.42. The van der Waals surface area contributed by atoms with Crippen LogP contribution in [0.1, 0.15) is 46.0 Å². The third-order valence-corrected chi connectivity index (χ3v) is 4.53. The number of rotatable bonds is 4. The molecule has 2 aliphatic carbocycles. The highest BCUT2D eigenvalue weighted by Crippen LogP contribution is 2.49. The lowest BCUT2D eigenvalue weighted by atomic mass is 9.86. The number of nitrogens with zero attached hydrogens (tertiary/aromatic N) is 1. The molecule has 0 aliphatic heterocycles. The minimum Gasteiger partial charge on any atom is -0.409 e. The molecular formula is C13H23N3O2. The van der Waals surface area contributed by atoms with Crippen LogP contribution >= 0.6 is 0 Å². The van der Waals surface area contributed by atoms with Gasteiger partial charge in [-0.3, -0.25) is 4.79 Å². The molecule has 2 rings (SSSR count). The molecule has 1 amide bonds. The van der Waals surface area contributed by atoms with E-state index in [2.05, 4.69) is 10.5 Å². The third kappa shape index (κ3) is 2.60. The molecule has 0 aromatic heterocycles. The van der Waals surface area contributed by atoms with Gasteiger partial charge in [-0.15, -0.1) is 0 Å². The molecule has 5 heteroatoms. The molecule has 0 aromatic carbocycles. The van der Waals surface area contributed by atoms with E-state index in [1.54, 1.807) is 13.8 Å². The summed E-state index contributed by atoms with van der Waals surface area (Å²) in [4.78, 5) is 12.0. The first-order valence-corrected chi connectivity index (χ1v) is 6.71. The quantitative estimate of drug-likeness (QED) is 0.307. The molecule has 0 spiro atoms. The van der Waals surface area contributed by atoms with Gasteiger partial charge in [0.05, 0.1) is 5.54 Å². The van der Waals surface area contributed by atoms with Crippen molar-refractivity contribution in [3.05, 3.63) is 0 Å². The molecule has 102 valence electrons. The number of amidine groups is 1. The van der Waals surface area contributed by atoms with E-state index < -0.39 is 5.54 Å². The molecule has 0 radical (unpaired) electrons. The molecule has 2 bridgehead atoms. The topological polar surface area (TPSA) is 87.7 Å². The first-order valence-electron chi connectivity index (χ1n) is 6.71. The fourth-order valence-corrected chi connectivity index (χ4v) is 3.45. The number of nitrogens with two attached hydrogens (primary N) is 1. The summed E-state index contributed by atoms with van der Waals surface area (Å²) >= 11 is 0. The molecule has 4 N–H and O–H groups in total. The molecule has 0 heterocycles. The van der Waals surface area contributed by atoms with Gasteiger partial charge < -0.3 is 16.3 Å². The van der Waals surface area contributed by atoms with Gasteiger partial charge in [0.1, 0.15) is 0 Å². The number of amides is 1. The summed E-state index contributed by atoms with van der Waals surface area (Å²) in [5.41, 5.74) is 4.76. The molecule has 5 nitrogen and oxygen atoms in total. The zero-order valence-corrected chi connectivity index (χ0v) is 11.1. The Bertz CT molecular complexity index is 365. The van der Waals surface area contributed by atoms with Crippen molar-refractivity contribution in [2.24, 2.45) is 28.6 Å². The lowest BCUT2D eigenvalue weighted by Crippen LogP contribution is -2.53. The van der Waals surface area contributed by atoms with Crippen LogP contribution in [0.4, 0.5) is 0 Å². The maximum absolute atomic E-state index is 12.0. The molecule has 3 atom stereocenters. The monoisotopic (exact) mass is 253 g/mol. The van der Waals surface area contributed by atoms with Crippen LogP contribution < -0.4 is 11.1 Å². The predicted octanol–water partition coefficient (Wildman–Crippen LogP) is 1.45. The zero-order valence-electron chi connectivity index (χ0n) is 11.1. The molecule has 2 aliphatic rings. The van der Waals surface area contributed by atoms with Crippen LogP contribution in [-0.2, 0) is 4.79 Å². The lowest BCUT2D eigenvalue weighted by molar-refractivity contribution is -0.123. The predicted molar refractivity (Wildman–Crippen MR) is 69.2 cm³/mol. The summed E-state index contributed by atoms with van der Waals surface area (Å²) < 4.78 is 0. The maximum atomic E-state index is 12.0. The van der Waals surface area contributed by atoms with Crippen molar-refractivity contribution in [3.8, 4) is 0 Å². The molecule has 2 fully saturated rings. The van der Waals surface area contributed by atoms with Crippen molar-refractivity contribution in [2.75, 3.05) is 0 Å². The summed E-state index contributed by atoms with van der Waals surface area (Å²) in [6.07, 6.45) is 5.71. The third-order valence-electron chi connectivity index (χ3n) is 4.53. The van der Waals surface area contributed by atoms with Crippen molar-refractivity contribution in [2.45, 2.75) is 51.5 Å². The van der Waals surface area contributed by atoms with Crippen molar-refractivity contribution in [1.29, 1.82) is 0 Å². The lowest BCUT2D eigenvalue weighted by Gasteiger charge is -2.27. The van der Waals surface area contributed by atoms with Gasteiger partial charge in [0.15, 0.2) is 5.84 Å². The highest BCUT2D eigenvalue weighted by Gasteiger charge is 2.40. The van der Waals surface area contributed by atoms with E-state index in [1.807, 2.05) is 0 Å². The number of fused-ring (bicyclic) bond motifs is 2. The van der Waals surface area contributed by atoms with Crippen LogP contribution in [0, 0.1) is 17.8 Å². The number of hydrogen-bond acceptors (Lipinski definition) is 3. The summed E-state index contributed by atoms with van der Waals surface area (Å²) in [5.74, 6) is 2.16. The molecule has 0 aromatic rings. The Morgan fingerprint density at radius 2 is 2.17 bits per heavy atom. The van der Waals surface area contributed by atoms with Gasteiger partial charge in [0.25, 0.3) is 0 Å². The largest absolute Gasteiger partial charge is 0.409 e. The average molecular weight is 253 g/mol. The Morgan fingerprint density at radius 1 is 1.44 bits per heavy atom. The second-order valence-corrected chi connectivity index (χ2v) is 6.30. The number of oxime groups is 1. The van der Waals surface area contributed by atoms with Gasteiger partial charge in [0, 0.05) is 6.42 Å². The molecule has 18 heavy (non-hydrogen) atoms. The minimum atomic E-state index is -0.788. The maximum Gasteiger partial charge on any atom is 0.221 e. The van der Waals surface area contributed by atoms with Crippen molar-refractivity contribution < 1.29 is 10.0 Å². The second-order valence-electron chi connectivity index (χ2n) is 6.30. The standard InChI is InChI=1S/C13H23N3O2/c1-13(2,12(14)16-18)15-11(17)7-10-6-8-3-4-9(10)5-8/h8-10,18H,3-7H2,1-2H3,(H2,14,16)(H,15,17). The first kappa shape index (κ1) is 13.2. The van der Waals surface area contributed by atoms with Gasteiger partial charge in [-0.25, -0.2) is 0 Å². The molecule has 2 saturated carbocycles. The van der Waals surface area contributed by atoms with E-state index in [4.69, 9.17) is 10.9 Å². The molecule has 0 saturated heterocycles. The average Bonchev–Trinajstić information content (AvgIpc) is 2.88. The summed E-state index contributed by atoms with van der Waals surface area (Å²) in [6, 6.07) is 0. The Labute approximate surface area is 108 Å². The van der Waals surface area contributed by atoms with Gasteiger partial charge >= 0.3 is 0 Å².